The van der Waals surface area contributed by atoms with Crippen molar-refractivity contribution in [2.45, 2.75) is 16.3 Å². The molecule has 11 heteroatoms. The van der Waals surface area contributed by atoms with Gasteiger partial charge in [0, 0.05) is 34.8 Å². The number of amides is 2. The molecule has 2 N–H and O–H groups in total. The third kappa shape index (κ3) is 6.53. The number of halogens is 4. The van der Waals surface area contributed by atoms with Gasteiger partial charge in [-0.15, -0.1) is 0 Å². The molecule has 7 nitrogen and oxygen atoms in total. The number of hydrogen-bond donors (Lipinski definition) is 2. The number of anilines is 1. The smallest absolute Gasteiger partial charge is 0.319 e. The first-order valence-electron chi connectivity index (χ1n) is 7.73. The van der Waals surface area contributed by atoms with Crippen molar-refractivity contribution in [3.05, 3.63) is 69.2 Å². The average Bonchev–Trinajstić information content (AvgIpc) is 2.62. The number of Topliss-reactive ketones (excluding diaryl/α,β-unsaturated/α-hetero) is 1. The summed E-state index contributed by atoms with van der Waals surface area (Å²) in [5.41, 5.74) is 0.478. The number of hydrogen-bond acceptors (Lipinski definition) is 4. The van der Waals surface area contributed by atoms with Gasteiger partial charge < -0.3 is 10.6 Å². The van der Waals surface area contributed by atoms with Gasteiger partial charge in [-0.05, 0) is 36.4 Å². The van der Waals surface area contributed by atoms with Crippen molar-refractivity contribution in [3.8, 4) is 0 Å². The molecule has 2 aromatic rings. The second-order valence-electron chi connectivity index (χ2n) is 5.63. The molecule has 1 atom stereocenters. The van der Waals surface area contributed by atoms with Gasteiger partial charge in [0.15, 0.2) is 5.78 Å². The van der Waals surface area contributed by atoms with Crippen molar-refractivity contribution >= 4 is 69.6 Å². The van der Waals surface area contributed by atoms with E-state index in [4.69, 9.17) is 46.4 Å². The molecule has 0 saturated carbocycles. The van der Waals surface area contributed by atoms with Crippen LogP contribution in [-0.4, -0.2) is 26.6 Å². The van der Waals surface area contributed by atoms with E-state index in [1.54, 1.807) is 24.3 Å². The van der Waals surface area contributed by atoms with Crippen LogP contribution >= 0.6 is 46.4 Å². The molecule has 0 aliphatic rings. The molecule has 2 aromatic carbocycles. The molecule has 2 amide bonds. The standard InChI is InChI=1S/C17H13Cl4N3O4/c18-11-3-5-12(6-4-11)22-16(26)23-15(17(19,20)21)9-14(25)10-1-7-13(8-2-10)24(27)28/h1-8,15H,9H2,(H2,22,23,26)/t15-/m0/s1. The second-order valence-corrected chi connectivity index (χ2v) is 8.44. The third-order valence-electron chi connectivity index (χ3n) is 3.59. The number of benzene rings is 2. The van der Waals surface area contributed by atoms with Gasteiger partial charge in [0.05, 0.1) is 11.0 Å². The number of nitrogens with one attached hydrogen (secondary N) is 2. The van der Waals surface area contributed by atoms with Crippen molar-refractivity contribution in [2.24, 2.45) is 0 Å². The van der Waals surface area contributed by atoms with E-state index in [-0.39, 0.29) is 17.7 Å². The normalized spacial score (nSPS) is 12.1. The van der Waals surface area contributed by atoms with Crippen molar-refractivity contribution in [1.29, 1.82) is 0 Å². The molecule has 148 valence electrons. The van der Waals surface area contributed by atoms with Gasteiger partial charge in [0.2, 0.25) is 3.79 Å². The summed E-state index contributed by atoms with van der Waals surface area (Å²) in [6, 6.07) is 9.47. The van der Waals surface area contributed by atoms with Crippen LogP contribution in [0.2, 0.25) is 5.02 Å². The van der Waals surface area contributed by atoms with Gasteiger partial charge in [-0.25, -0.2) is 4.79 Å². The number of nitro benzene ring substituents is 1. The van der Waals surface area contributed by atoms with E-state index in [0.29, 0.717) is 10.7 Å². The number of non-ortho nitro benzene ring substituents is 1. The topological polar surface area (TPSA) is 101 Å². The largest absolute Gasteiger partial charge is 0.330 e. The Kier molecular flexibility index (Phi) is 7.48. The van der Waals surface area contributed by atoms with Gasteiger partial charge in [-0.1, -0.05) is 46.4 Å². The summed E-state index contributed by atoms with van der Waals surface area (Å²) in [7, 11) is 0. The SMILES string of the molecule is O=C(Nc1ccc(Cl)cc1)N[C@@H](CC(=O)c1ccc([N+](=O)[O-])cc1)C(Cl)(Cl)Cl. The molecule has 0 spiro atoms. The minimum absolute atomic E-state index is 0.157. The summed E-state index contributed by atoms with van der Waals surface area (Å²) in [5, 5.41) is 16.2. The monoisotopic (exact) mass is 463 g/mol. The molecule has 0 radical (unpaired) electrons. The molecule has 2 rings (SSSR count). The van der Waals surface area contributed by atoms with Gasteiger partial charge in [-0.3, -0.25) is 14.9 Å². The first-order valence-corrected chi connectivity index (χ1v) is 9.25. The molecule has 0 aromatic heterocycles. The minimum atomic E-state index is -1.96. The number of carbonyl (C=O) groups excluding carboxylic acids is 2. The minimum Gasteiger partial charge on any atom is -0.330 e. The Morgan fingerprint density at radius 2 is 1.61 bits per heavy atom. The Labute approximate surface area is 180 Å². The highest BCUT2D eigenvalue weighted by molar-refractivity contribution is 6.68. The zero-order valence-electron chi connectivity index (χ0n) is 14.0. The van der Waals surface area contributed by atoms with Gasteiger partial charge in [0.25, 0.3) is 5.69 Å². The lowest BCUT2D eigenvalue weighted by atomic mass is 10.0. The maximum absolute atomic E-state index is 12.4. The Bertz CT molecular complexity index is 867. The average molecular weight is 465 g/mol. The molecule has 0 bridgehead atoms. The molecule has 0 aliphatic heterocycles. The van der Waals surface area contributed by atoms with E-state index in [1.807, 2.05) is 0 Å². The molecular weight excluding hydrogens is 452 g/mol. The predicted molar refractivity (Wildman–Crippen MR) is 110 cm³/mol. The molecule has 0 unspecified atom stereocenters. The van der Waals surface area contributed by atoms with Crippen LogP contribution in [0.1, 0.15) is 16.8 Å². The number of ketones is 1. The lowest BCUT2D eigenvalue weighted by molar-refractivity contribution is -0.384. The van der Waals surface area contributed by atoms with Crippen molar-refractivity contribution < 1.29 is 14.5 Å². The molecule has 0 aliphatic carbocycles. The van der Waals surface area contributed by atoms with Crippen LogP contribution in [0.4, 0.5) is 16.2 Å². The Hall–Kier alpha value is -2.06. The lowest BCUT2D eigenvalue weighted by Gasteiger charge is -2.25. The second kappa shape index (κ2) is 9.43. The summed E-state index contributed by atoms with van der Waals surface area (Å²) in [6.45, 7) is 0. The maximum Gasteiger partial charge on any atom is 0.319 e. The fourth-order valence-corrected chi connectivity index (χ4v) is 2.70. The molecule has 0 heterocycles. The van der Waals surface area contributed by atoms with E-state index >= 15 is 0 Å². The Morgan fingerprint density at radius 1 is 1.04 bits per heavy atom. The van der Waals surface area contributed by atoms with E-state index in [2.05, 4.69) is 10.6 Å². The molecule has 28 heavy (non-hydrogen) atoms. The molecule has 0 fully saturated rings. The van der Waals surface area contributed by atoms with Crippen LogP contribution in [-0.2, 0) is 0 Å². The van der Waals surface area contributed by atoms with Crippen molar-refractivity contribution in [2.75, 3.05) is 5.32 Å². The summed E-state index contributed by atoms with van der Waals surface area (Å²) in [5.74, 6) is -0.460. The third-order valence-corrected chi connectivity index (χ3v) is 4.63. The summed E-state index contributed by atoms with van der Waals surface area (Å²) >= 11 is 23.5. The number of urea groups is 1. The Balaban J connectivity index is 2.06. The molecular formula is C17H13Cl4N3O4. The maximum atomic E-state index is 12.4. The van der Waals surface area contributed by atoms with E-state index in [9.17, 15) is 19.7 Å². The van der Waals surface area contributed by atoms with Crippen LogP contribution in [0, 0.1) is 10.1 Å². The number of carbonyl (C=O) groups is 2. The first kappa shape index (κ1) is 22.2. The van der Waals surface area contributed by atoms with Crippen molar-refractivity contribution in [3.63, 3.8) is 0 Å². The highest BCUT2D eigenvalue weighted by Gasteiger charge is 2.35. The number of rotatable bonds is 6. The zero-order chi connectivity index (χ0) is 20.9. The highest BCUT2D eigenvalue weighted by atomic mass is 35.6. The van der Waals surface area contributed by atoms with Gasteiger partial charge in [0.1, 0.15) is 0 Å². The quantitative estimate of drug-likeness (QED) is 0.259. The number of nitrogens with zero attached hydrogens (tertiary/aromatic N) is 1. The van der Waals surface area contributed by atoms with Crippen LogP contribution in [0.25, 0.3) is 0 Å². The van der Waals surface area contributed by atoms with Crippen LogP contribution < -0.4 is 10.6 Å². The fourth-order valence-electron chi connectivity index (χ4n) is 2.18. The van der Waals surface area contributed by atoms with Crippen LogP contribution in [0.5, 0.6) is 0 Å². The van der Waals surface area contributed by atoms with Gasteiger partial charge >= 0.3 is 6.03 Å². The number of nitro groups is 1. The summed E-state index contributed by atoms with van der Waals surface area (Å²) in [6.07, 6.45) is -0.331. The zero-order valence-corrected chi connectivity index (χ0v) is 17.0. The van der Waals surface area contributed by atoms with Crippen molar-refractivity contribution in [1.82, 2.24) is 5.32 Å². The molecule has 0 saturated heterocycles. The van der Waals surface area contributed by atoms with E-state index in [0.717, 1.165) is 0 Å². The summed E-state index contributed by atoms with van der Waals surface area (Å²) in [4.78, 5) is 34.7. The fraction of sp³-hybridized carbons (Fsp3) is 0.176. The van der Waals surface area contributed by atoms with Crippen LogP contribution in [0.3, 0.4) is 0 Å². The predicted octanol–water partition coefficient (Wildman–Crippen LogP) is 5.38. The Morgan fingerprint density at radius 3 is 2.11 bits per heavy atom. The van der Waals surface area contributed by atoms with Gasteiger partial charge in [-0.2, -0.15) is 0 Å². The summed E-state index contributed by atoms with van der Waals surface area (Å²) < 4.78 is -1.96. The lowest BCUT2D eigenvalue weighted by Crippen LogP contribution is -2.46. The van der Waals surface area contributed by atoms with E-state index < -0.39 is 26.6 Å². The van der Waals surface area contributed by atoms with E-state index in [1.165, 1.54) is 24.3 Å². The number of alkyl halides is 3. The van der Waals surface area contributed by atoms with Crippen LogP contribution in [0.15, 0.2) is 48.5 Å². The highest BCUT2D eigenvalue weighted by Crippen LogP contribution is 2.33. The first-order chi connectivity index (χ1) is 13.1.